The lowest BCUT2D eigenvalue weighted by atomic mass is 10.1. The minimum Gasteiger partial charge on any atom is -0.0776 e. The first kappa shape index (κ1) is 25.9. The number of hydrogen-bond donors (Lipinski definition) is 0. The van der Waals surface area contributed by atoms with Crippen LogP contribution in [0, 0.1) is 0 Å². The van der Waals surface area contributed by atoms with Crippen LogP contribution in [-0.4, -0.2) is 0 Å². The summed E-state index contributed by atoms with van der Waals surface area (Å²) in [6.07, 6.45) is 3.54. The van der Waals surface area contributed by atoms with Gasteiger partial charge in [-0.1, -0.05) is 93.5 Å². The minimum atomic E-state index is 0. The highest BCUT2D eigenvalue weighted by Gasteiger charge is 1.89. The number of benzene rings is 1. The van der Waals surface area contributed by atoms with Gasteiger partial charge in [0.1, 0.15) is 0 Å². The van der Waals surface area contributed by atoms with E-state index in [9.17, 15) is 0 Å². The summed E-state index contributed by atoms with van der Waals surface area (Å²) in [6.45, 7) is 16.6. The molecule has 0 saturated heterocycles. The zero-order valence-corrected chi connectivity index (χ0v) is 13.4. The topological polar surface area (TPSA) is 0 Å². The standard InChI is InChI=1S/C10H14.C3H8.2C2H6.CH4/c1-3-9-6-5-7-10(4-2)8-9;1-3-2;2*1-2;/h5-8H,3-4H2,1-2H3;3H2,1-2H3;2*1-2H3;1H4. The molecule has 0 heteroatoms. The maximum Gasteiger partial charge on any atom is -0.0307 e. The van der Waals surface area contributed by atoms with Crippen LogP contribution in [0.4, 0.5) is 0 Å². The van der Waals surface area contributed by atoms with Gasteiger partial charge in [0.2, 0.25) is 0 Å². The van der Waals surface area contributed by atoms with E-state index in [-0.39, 0.29) is 7.43 Å². The van der Waals surface area contributed by atoms with Gasteiger partial charge in [0.15, 0.2) is 0 Å². The second-order valence-electron chi connectivity index (χ2n) is 3.23. The van der Waals surface area contributed by atoms with Crippen LogP contribution in [0.2, 0.25) is 0 Å². The Morgan fingerprint density at radius 3 is 1.22 bits per heavy atom. The van der Waals surface area contributed by atoms with Crippen molar-refractivity contribution in [3.63, 3.8) is 0 Å². The molecule has 0 radical (unpaired) electrons. The Morgan fingerprint density at radius 1 is 0.722 bits per heavy atom. The Bertz CT molecular complexity index is 194. The van der Waals surface area contributed by atoms with Crippen molar-refractivity contribution in [3.05, 3.63) is 35.4 Å². The molecule has 1 aromatic rings. The Balaban J connectivity index is -0.000000106. The van der Waals surface area contributed by atoms with Crippen molar-refractivity contribution < 1.29 is 0 Å². The summed E-state index contributed by atoms with van der Waals surface area (Å²) < 4.78 is 0. The molecule has 18 heavy (non-hydrogen) atoms. The maximum absolute atomic E-state index is 2.28. The highest BCUT2D eigenvalue weighted by atomic mass is 13.9. The van der Waals surface area contributed by atoms with Crippen molar-refractivity contribution in [1.82, 2.24) is 0 Å². The van der Waals surface area contributed by atoms with E-state index >= 15 is 0 Å². The molecule has 0 N–H and O–H groups in total. The van der Waals surface area contributed by atoms with Gasteiger partial charge in [0, 0.05) is 0 Å². The van der Waals surface area contributed by atoms with Crippen LogP contribution in [0.5, 0.6) is 0 Å². The molecule has 0 unspecified atom stereocenters. The van der Waals surface area contributed by atoms with E-state index in [2.05, 4.69) is 52.0 Å². The molecule has 0 aromatic heterocycles. The first-order valence-electron chi connectivity index (χ1n) is 7.36. The van der Waals surface area contributed by atoms with Crippen LogP contribution in [0.3, 0.4) is 0 Å². The van der Waals surface area contributed by atoms with Crippen LogP contribution in [0.25, 0.3) is 0 Å². The molecule has 0 saturated carbocycles. The van der Waals surface area contributed by atoms with Gasteiger partial charge in [0.25, 0.3) is 0 Å². The van der Waals surface area contributed by atoms with Gasteiger partial charge >= 0.3 is 0 Å². The van der Waals surface area contributed by atoms with Crippen LogP contribution in [0.1, 0.15) is 80.4 Å². The summed E-state index contributed by atoms with van der Waals surface area (Å²) in [7, 11) is 0. The molecular weight excluding hydrogens is 216 g/mol. The van der Waals surface area contributed by atoms with Crippen molar-refractivity contribution in [2.45, 2.75) is 82.1 Å². The molecule has 0 amide bonds. The molecule has 1 aromatic carbocycles. The minimum absolute atomic E-state index is 0. The van der Waals surface area contributed by atoms with Gasteiger partial charge in [-0.05, 0) is 24.0 Å². The molecule has 0 heterocycles. The molecule has 0 fully saturated rings. The van der Waals surface area contributed by atoms with E-state index in [1.807, 2.05) is 27.7 Å². The second kappa shape index (κ2) is 25.2. The molecule has 110 valence electrons. The fourth-order valence-corrected chi connectivity index (χ4v) is 1.07. The predicted molar refractivity (Wildman–Crippen MR) is 90.6 cm³/mol. The van der Waals surface area contributed by atoms with Crippen molar-refractivity contribution in [3.8, 4) is 0 Å². The number of hydrogen-bond acceptors (Lipinski definition) is 0. The zero-order valence-electron chi connectivity index (χ0n) is 13.4. The molecule has 0 atom stereocenters. The molecule has 0 bridgehead atoms. The normalized spacial score (nSPS) is 7.11. The SMILES string of the molecule is C.CC.CC.CCC.CCc1cccc(CC)c1. The van der Waals surface area contributed by atoms with Gasteiger partial charge in [-0.2, -0.15) is 0 Å². The third-order valence-electron chi connectivity index (χ3n) is 1.81. The average Bonchev–Trinajstić information content (AvgIpc) is 2.44. The Labute approximate surface area is 118 Å². The highest BCUT2D eigenvalue weighted by molar-refractivity contribution is 5.23. The molecule has 0 aliphatic carbocycles. The average molecular weight is 255 g/mol. The van der Waals surface area contributed by atoms with E-state index in [1.165, 1.54) is 17.5 Å². The highest BCUT2D eigenvalue weighted by Crippen LogP contribution is 2.05. The summed E-state index contributed by atoms with van der Waals surface area (Å²) in [5, 5.41) is 0. The first-order chi connectivity index (χ1) is 8.28. The van der Waals surface area contributed by atoms with Crippen molar-refractivity contribution in [2.75, 3.05) is 0 Å². The van der Waals surface area contributed by atoms with E-state index < -0.39 is 0 Å². The van der Waals surface area contributed by atoms with Gasteiger partial charge in [0.05, 0.1) is 0 Å². The Kier molecular flexibility index (Phi) is 36.2. The lowest BCUT2D eigenvalue weighted by Crippen LogP contribution is -1.83. The van der Waals surface area contributed by atoms with Crippen LogP contribution in [-0.2, 0) is 12.8 Å². The monoisotopic (exact) mass is 254 g/mol. The molecular formula is C18H38. The third-order valence-corrected chi connectivity index (χ3v) is 1.81. The Hall–Kier alpha value is -0.780. The fourth-order valence-electron chi connectivity index (χ4n) is 1.07. The van der Waals surface area contributed by atoms with Gasteiger partial charge in [-0.3, -0.25) is 0 Å². The predicted octanol–water partition coefficient (Wildman–Crippen LogP) is 6.92. The van der Waals surface area contributed by atoms with Crippen LogP contribution < -0.4 is 0 Å². The maximum atomic E-state index is 2.28. The smallest absolute Gasteiger partial charge is 0.0307 e. The summed E-state index contributed by atoms with van der Waals surface area (Å²) in [4.78, 5) is 0. The first-order valence-corrected chi connectivity index (χ1v) is 7.36. The van der Waals surface area contributed by atoms with Crippen molar-refractivity contribution in [2.24, 2.45) is 0 Å². The second-order valence-corrected chi connectivity index (χ2v) is 3.23. The Morgan fingerprint density at radius 2 is 1.00 bits per heavy atom. The third kappa shape index (κ3) is 17.6. The molecule has 0 spiro atoms. The molecule has 0 aliphatic rings. The number of aryl methyl sites for hydroxylation is 2. The van der Waals surface area contributed by atoms with Crippen molar-refractivity contribution in [1.29, 1.82) is 0 Å². The van der Waals surface area contributed by atoms with E-state index in [0.717, 1.165) is 12.8 Å². The van der Waals surface area contributed by atoms with Crippen LogP contribution in [0.15, 0.2) is 24.3 Å². The quantitative estimate of drug-likeness (QED) is 0.537. The molecule has 0 nitrogen and oxygen atoms in total. The van der Waals surface area contributed by atoms with E-state index in [0.29, 0.717) is 0 Å². The fraction of sp³-hybridized carbons (Fsp3) is 0.667. The lowest BCUT2D eigenvalue weighted by molar-refractivity contribution is 1.09. The van der Waals surface area contributed by atoms with Gasteiger partial charge in [-0.15, -0.1) is 0 Å². The lowest BCUT2D eigenvalue weighted by Gasteiger charge is -1.98. The van der Waals surface area contributed by atoms with Gasteiger partial charge < -0.3 is 0 Å². The van der Waals surface area contributed by atoms with Crippen LogP contribution >= 0.6 is 0 Å². The molecule has 0 aliphatic heterocycles. The largest absolute Gasteiger partial charge is 0.0776 e. The summed E-state index contributed by atoms with van der Waals surface area (Å²) in [5.41, 5.74) is 2.89. The zero-order chi connectivity index (χ0) is 14.1. The molecule has 1 rings (SSSR count). The van der Waals surface area contributed by atoms with Gasteiger partial charge in [-0.25, -0.2) is 0 Å². The van der Waals surface area contributed by atoms with E-state index in [1.54, 1.807) is 0 Å². The summed E-state index contributed by atoms with van der Waals surface area (Å²) in [5.74, 6) is 0. The summed E-state index contributed by atoms with van der Waals surface area (Å²) >= 11 is 0. The van der Waals surface area contributed by atoms with E-state index in [4.69, 9.17) is 0 Å². The summed E-state index contributed by atoms with van der Waals surface area (Å²) in [6, 6.07) is 8.77. The van der Waals surface area contributed by atoms with Crippen molar-refractivity contribution >= 4 is 0 Å². The number of rotatable bonds is 2.